The first-order valence-corrected chi connectivity index (χ1v) is 6.24. The molecule has 0 heterocycles. The third-order valence-electron chi connectivity index (χ3n) is 2.58. The molecule has 0 aromatic heterocycles. The van der Waals surface area contributed by atoms with Gasteiger partial charge in [0.2, 0.25) is 0 Å². The summed E-state index contributed by atoms with van der Waals surface area (Å²) in [4.78, 5) is 0. The normalized spacial score (nSPS) is 10.6. The molecule has 0 bridgehead atoms. The Bertz CT molecular complexity index is 575. The Hall–Kier alpha value is -2.00. The molecule has 0 nitrogen and oxygen atoms in total. The summed E-state index contributed by atoms with van der Waals surface area (Å²) in [5.41, 5.74) is 3.55. The summed E-state index contributed by atoms with van der Waals surface area (Å²) in [7, 11) is 0. The summed E-state index contributed by atoms with van der Waals surface area (Å²) in [6.07, 6.45) is 0. The van der Waals surface area contributed by atoms with Crippen LogP contribution in [0.3, 0.4) is 0 Å². The van der Waals surface area contributed by atoms with Crippen molar-refractivity contribution in [2.24, 2.45) is 5.41 Å². The lowest BCUT2D eigenvalue weighted by Crippen LogP contribution is -1.99. The number of benzene rings is 2. The van der Waals surface area contributed by atoms with Gasteiger partial charge >= 0.3 is 0 Å². The minimum absolute atomic E-state index is 0.0315. The van der Waals surface area contributed by atoms with E-state index in [0.29, 0.717) is 0 Å². The SMILES string of the molecule is CC(C)(C)C#Cc1ccccc1-c1ccccc1. The molecule has 18 heavy (non-hydrogen) atoms. The number of hydrogen-bond donors (Lipinski definition) is 0. The molecule has 2 aromatic carbocycles. The van der Waals surface area contributed by atoms with E-state index in [2.05, 4.69) is 75.1 Å². The van der Waals surface area contributed by atoms with E-state index in [1.165, 1.54) is 11.1 Å². The van der Waals surface area contributed by atoms with Crippen molar-refractivity contribution in [3.05, 3.63) is 60.2 Å². The molecule has 0 fully saturated rings. The lowest BCUT2D eigenvalue weighted by atomic mass is 9.95. The van der Waals surface area contributed by atoms with Crippen LogP contribution in [-0.2, 0) is 0 Å². The van der Waals surface area contributed by atoms with Crippen LogP contribution in [0, 0.1) is 17.3 Å². The van der Waals surface area contributed by atoms with Gasteiger partial charge in [-0.2, -0.15) is 0 Å². The van der Waals surface area contributed by atoms with E-state index in [0.717, 1.165) is 5.56 Å². The third kappa shape index (κ3) is 3.25. The smallest absolute Gasteiger partial charge is 0.0323 e. The van der Waals surface area contributed by atoms with Crippen LogP contribution in [-0.4, -0.2) is 0 Å². The largest absolute Gasteiger partial charge is 0.0919 e. The molecule has 0 amide bonds. The van der Waals surface area contributed by atoms with Gasteiger partial charge in [0.25, 0.3) is 0 Å². The summed E-state index contributed by atoms with van der Waals surface area (Å²) in [5, 5.41) is 0. The van der Waals surface area contributed by atoms with E-state index in [1.807, 2.05) is 12.1 Å². The predicted octanol–water partition coefficient (Wildman–Crippen LogP) is 4.75. The van der Waals surface area contributed by atoms with Crippen molar-refractivity contribution in [3.8, 4) is 23.0 Å². The fourth-order valence-electron chi connectivity index (χ4n) is 1.72. The van der Waals surface area contributed by atoms with E-state index in [1.54, 1.807) is 0 Å². The van der Waals surface area contributed by atoms with E-state index in [-0.39, 0.29) is 5.41 Å². The second-order valence-electron chi connectivity index (χ2n) is 5.41. The van der Waals surface area contributed by atoms with Crippen molar-refractivity contribution in [1.29, 1.82) is 0 Å². The van der Waals surface area contributed by atoms with Crippen molar-refractivity contribution in [1.82, 2.24) is 0 Å². The fourth-order valence-corrected chi connectivity index (χ4v) is 1.72. The molecule has 0 aliphatic carbocycles. The highest BCUT2D eigenvalue weighted by Gasteiger charge is 2.05. The maximum atomic E-state index is 3.30. The van der Waals surface area contributed by atoms with Crippen molar-refractivity contribution < 1.29 is 0 Å². The molecule has 0 unspecified atom stereocenters. The monoisotopic (exact) mass is 234 g/mol. The Kier molecular flexibility index (Phi) is 3.53. The Morgan fingerprint density at radius 3 is 2.06 bits per heavy atom. The molecule has 2 aromatic rings. The Labute approximate surface area is 110 Å². The summed E-state index contributed by atoms with van der Waals surface area (Å²) < 4.78 is 0. The van der Waals surface area contributed by atoms with Crippen molar-refractivity contribution >= 4 is 0 Å². The zero-order chi connectivity index (χ0) is 13.0. The minimum atomic E-state index is 0.0315. The van der Waals surface area contributed by atoms with Gasteiger partial charge in [-0.15, -0.1) is 0 Å². The highest BCUT2D eigenvalue weighted by molar-refractivity contribution is 5.71. The van der Waals surface area contributed by atoms with Crippen LogP contribution < -0.4 is 0 Å². The molecule has 0 aliphatic rings. The third-order valence-corrected chi connectivity index (χ3v) is 2.58. The molecule has 0 aliphatic heterocycles. The van der Waals surface area contributed by atoms with Crippen LogP contribution in [0.15, 0.2) is 54.6 Å². The van der Waals surface area contributed by atoms with Crippen LogP contribution in [0.4, 0.5) is 0 Å². The van der Waals surface area contributed by atoms with Crippen molar-refractivity contribution in [3.63, 3.8) is 0 Å². The lowest BCUT2D eigenvalue weighted by molar-refractivity contribution is 0.571. The van der Waals surface area contributed by atoms with Gasteiger partial charge in [0, 0.05) is 11.0 Å². The molecule has 0 heteroatoms. The molecule has 90 valence electrons. The van der Waals surface area contributed by atoms with Gasteiger partial charge in [-0.3, -0.25) is 0 Å². The average Bonchev–Trinajstić information content (AvgIpc) is 2.37. The Morgan fingerprint density at radius 1 is 0.778 bits per heavy atom. The molecular formula is C18H18. The number of rotatable bonds is 1. The van der Waals surface area contributed by atoms with E-state index >= 15 is 0 Å². The van der Waals surface area contributed by atoms with Gasteiger partial charge in [0.15, 0.2) is 0 Å². The zero-order valence-corrected chi connectivity index (χ0v) is 11.2. The van der Waals surface area contributed by atoms with Crippen LogP contribution in [0.25, 0.3) is 11.1 Å². The van der Waals surface area contributed by atoms with Crippen molar-refractivity contribution in [2.75, 3.05) is 0 Å². The van der Waals surface area contributed by atoms with Gasteiger partial charge in [-0.25, -0.2) is 0 Å². The van der Waals surface area contributed by atoms with Gasteiger partial charge in [-0.1, -0.05) is 60.4 Å². The summed E-state index contributed by atoms with van der Waals surface area (Å²) >= 11 is 0. The second kappa shape index (κ2) is 5.10. The van der Waals surface area contributed by atoms with Gasteiger partial charge in [-0.05, 0) is 38.0 Å². The van der Waals surface area contributed by atoms with E-state index in [4.69, 9.17) is 0 Å². The molecule has 0 radical (unpaired) electrons. The second-order valence-corrected chi connectivity index (χ2v) is 5.41. The van der Waals surface area contributed by atoms with Gasteiger partial charge in [0.05, 0.1) is 0 Å². The first-order chi connectivity index (χ1) is 8.56. The van der Waals surface area contributed by atoms with Crippen LogP contribution >= 0.6 is 0 Å². The Balaban J connectivity index is 2.47. The van der Waals surface area contributed by atoms with Gasteiger partial charge < -0.3 is 0 Å². The molecule has 0 saturated carbocycles. The average molecular weight is 234 g/mol. The molecule has 0 N–H and O–H groups in total. The summed E-state index contributed by atoms with van der Waals surface area (Å²) in [6.45, 7) is 6.39. The highest BCUT2D eigenvalue weighted by Crippen LogP contribution is 2.23. The highest BCUT2D eigenvalue weighted by atomic mass is 14.1. The van der Waals surface area contributed by atoms with Crippen LogP contribution in [0.2, 0.25) is 0 Å². The summed E-state index contributed by atoms with van der Waals surface area (Å²) in [5.74, 6) is 6.60. The van der Waals surface area contributed by atoms with E-state index in [9.17, 15) is 0 Å². The van der Waals surface area contributed by atoms with E-state index < -0.39 is 0 Å². The molecule has 2 rings (SSSR count). The Morgan fingerprint density at radius 2 is 1.39 bits per heavy atom. The zero-order valence-electron chi connectivity index (χ0n) is 11.2. The summed E-state index contributed by atoms with van der Waals surface area (Å²) in [6, 6.07) is 18.7. The molecular weight excluding hydrogens is 216 g/mol. The maximum Gasteiger partial charge on any atom is 0.0323 e. The number of hydrogen-bond acceptors (Lipinski definition) is 0. The topological polar surface area (TPSA) is 0 Å². The van der Waals surface area contributed by atoms with Crippen molar-refractivity contribution in [2.45, 2.75) is 20.8 Å². The molecule has 0 spiro atoms. The molecule has 0 saturated heterocycles. The lowest BCUT2D eigenvalue weighted by Gasteiger charge is -2.08. The molecule has 0 atom stereocenters. The standard InChI is InChI=1S/C18H18/c1-18(2,3)14-13-16-11-7-8-12-17(16)15-9-5-4-6-10-15/h4-12H,1-3H3. The van der Waals surface area contributed by atoms with Crippen LogP contribution in [0.5, 0.6) is 0 Å². The van der Waals surface area contributed by atoms with Crippen LogP contribution in [0.1, 0.15) is 26.3 Å². The van der Waals surface area contributed by atoms with Gasteiger partial charge in [0.1, 0.15) is 0 Å². The first kappa shape index (κ1) is 12.5. The maximum absolute atomic E-state index is 3.30. The first-order valence-electron chi connectivity index (χ1n) is 6.24. The minimum Gasteiger partial charge on any atom is -0.0919 e. The fraction of sp³-hybridized carbons (Fsp3) is 0.222. The predicted molar refractivity (Wildman–Crippen MR) is 78.2 cm³/mol. The quantitative estimate of drug-likeness (QED) is 0.624.